The molecular formula is C24H20N3O4-. The minimum atomic E-state index is -0.548. The number of benzene rings is 3. The van der Waals surface area contributed by atoms with Crippen LogP contribution in [-0.4, -0.2) is 16.1 Å². The smallest absolute Gasteiger partial charge is 0.270 e. The van der Waals surface area contributed by atoms with Gasteiger partial charge in [-0.1, -0.05) is 44.7 Å². The molecule has 0 atom stereocenters. The molecule has 0 amide bonds. The van der Waals surface area contributed by atoms with Gasteiger partial charge < -0.3 is 9.52 Å². The first kappa shape index (κ1) is 20.3. The van der Waals surface area contributed by atoms with Crippen LogP contribution in [-0.2, 0) is 5.41 Å². The fourth-order valence-corrected chi connectivity index (χ4v) is 3.13. The molecule has 1 heterocycles. The Labute approximate surface area is 178 Å². The van der Waals surface area contributed by atoms with Gasteiger partial charge >= 0.3 is 0 Å². The molecule has 0 aliphatic rings. The topological polar surface area (TPSA) is 105 Å². The Kier molecular flexibility index (Phi) is 5.02. The van der Waals surface area contributed by atoms with Crippen molar-refractivity contribution in [3.63, 3.8) is 0 Å². The van der Waals surface area contributed by atoms with Gasteiger partial charge in [0, 0.05) is 23.9 Å². The van der Waals surface area contributed by atoms with E-state index in [0.717, 1.165) is 11.6 Å². The number of rotatable bonds is 4. The Hall–Kier alpha value is -4.00. The Bertz CT molecular complexity index is 1300. The van der Waals surface area contributed by atoms with Crippen LogP contribution >= 0.6 is 0 Å². The number of fused-ring (bicyclic) bond motifs is 1. The Balaban J connectivity index is 1.62. The van der Waals surface area contributed by atoms with Crippen LogP contribution in [0.4, 0.5) is 11.4 Å². The van der Waals surface area contributed by atoms with E-state index in [9.17, 15) is 15.2 Å². The third-order valence-electron chi connectivity index (χ3n) is 4.93. The highest BCUT2D eigenvalue weighted by atomic mass is 16.6. The molecule has 0 aliphatic heterocycles. The molecule has 7 nitrogen and oxygen atoms in total. The van der Waals surface area contributed by atoms with Crippen LogP contribution in [0.15, 0.2) is 70.1 Å². The van der Waals surface area contributed by atoms with E-state index >= 15 is 0 Å². The molecule has 0 saturated carbocycles. The second-order valence-corrected chi connectivity index (χ2v) is 8.24. The molecule has 0 saturated heterocycles. The van der Waals surface area contributed by atoms with Gasteiger partial charge in [-0.15, -0.1) is 0 Å². The zero-order chi connectivity index (χ0) is 22.2. The number of nitrogens with zero attached hydrogens (tertiary/aromatic N) is 3. The molecule has 0 unspecified atom stereocenters. The minimum absolute atomic E-state index is 0.0654. The average molecular weight is 414 g/mol. The Morgan fingerprint density at radius 2 is 1.77 bits per heavy atom. The van der Waals surface area contributed by atoms with E-state index in [-0.39, 0.29) is 22.4 Å². The number of hydrogen-bond donors (Lipinski definition) is 0. The fraction of sp³-hybridized carbons (Fsp3) is 0.167. The maximum atomic E-state index is 11.9. The predicted molar refractivity (Wildman–Crippen MR) is 118 cm³/mol. The van der Waals surface area contributed by atoms with Crippen molar-refractivity contribution in [1.29, 1.82) is 0 Å². The van der Waals surface area contributed by atoms with Crippen LogP contribution in [0.2, 0.25) is 0 Å². The van der Waals surface area contributed by atoms with Gasteiger partial charge in [0.25, 0.3) is 5.69 Å². The van der Waals surface area contributed by atoms with Crippen LogP contribution in [0, 0.1) is 10.1 Å². The van der Waals surface area contributed by atoms with E-state index in [1.54, 1.807) is 18.2 Å². The number of nitro benzene ring substituents is 1. The summed E-state index contributed by atoms with van der Waals surface area (Å²) in [5.74, 6) is 0.176. The highest BCUT2D eigenvalue weighted by Crippen LogP contribution is 2.29. The first-order chi connectivity index (χ1) is 14.7. The maximum absolute atomic E-state index is 11.9. The first-order valence-electron chi connectivity index (χ1n) is 9.72. The summed E-state index contributed by atoms with van der Waals surface area (Å²) in [7, 11) is 0. The normalized spacial score (nSPS) is 12.0. The van der Waals surface area contributed by atoms with E-state index in [0.29, 0.717) is 22.7 Å². The molecule has 0 aliphatic carbocycles. The molecular weight excluding hydrogens is 394 g/mol. The second-order valence-electron chi connectivity index (χ2n) is 8.24. The molecule has 0 bridgehead atoms. The van der Waals surface area contributed by atoms with Crippen molar-refractivity contribution in [2.75, 3.05) is 0 Å². The lowest BCUT2D eigenvalue weighted by Gasteiger charge is -2.18. The van der Waals surface area contributed by atoms with Crippen LogP contribution < -0.4 is 5.11 Å². The molecule has 7 heteroatoms. The van der Waals surface area contributed by atoms with Gasteiger partial charge in [-0.3, -0.25) is 15.1 Å². The van der Waals surface area contributed by atoms with Gasteiger partial charge in [0.05, 0.1) is 10.6 Å². The Morgan fingerprint density at radius 3 is 2.45 bits per heavy atom. The summed E-state index contributed by atoms with van der Waals surface area (Å²) in [6.07, 6.45) is 1.32. The van der Waals surface area contributed by atoms with E-state index in [1.807, 2.05) is 12.1 Å². The Morgan fingerprint density at radius 1 is 1.03 bits per heavy atom. The minimum Gasteiger partial charge on any atom is -0.872 e. The lowest BCUT2D eigenvalue weighted by molar-refractivity contribution is -0.385. The molecule has 0 N–H and O–H groups in total. The summed E-state index contributed by atoms with van der Waals surface area (Å²) in [6, 6.07) is 16.9. The van der Waals surface area contributed by atoms with Crippen LogP contribution in [0.3, 0.4) is 0 Å². The summed E-state index contributed by atoms with van der Waals surface area (Å²) in [5.41, 5.74) is 3.96. The zero-order valence-electron chi connectivity index (χ0n) is 17.3. The van der Waals surface area contributed by atoms with Gasteiger partial charge in [0.1, 0.15) is 5.52 Å². The summed E-state index contributed by atoms with van der Waals surface area (Å²) in [5, 5.41) is 22.8. The maximum Gasteiger partial charge on any atom is 0.270 e. The van der Waals surface area contributed by atoms with Crippen LogP contribution in [0.1, 0.15) is 31.9 Å². The fourth-order valence-electron chi connectivity index (χ4n) is 3.13. The second kappa shape index (κ2) is 7.68. The van der Waals surface area contributed by atoms with Crippen molar-refractivity contribution in [2.45, 2.75) is 26.2 Å². The summed E-state index contributed by atoms with van der Waals surface area (Å²) in [4.78, 5) is 19.2. The number of aliphatic imine (C=N–C) groups is 1. The molecule has 4 aromatic rings. The standard InChI is InChI=1S/C24H21N3O4/c1-24(2,3)17-6-4-15(5-7-17)23-26-20-13-18(8-11-22(20)31-23)25-14-16-12-19(27(29)30)9-10-21(16)28/h4-14,28H,1-3H3/p-1. The lowest BCUT2D eigenvalue weighted by Crippen LogP contribution is -2.10. The van der Waals surface area contributed by atoms with Crippen molar-refractivity contribution < 1.29 is 14.4 Å². The van der Waals surface area contributed by atoms with E-state index in [2.05, 4.69) is 42.9 Å². The van der Waals surface area contributed by atoms with Crippen molar-refractivity contribution >= 4 is 28.7 Å². The number of aromatic nitrogens is 1. The van der Waals surface area contributed by atoms with E-state index in [1.165, 1.54) is 23.9 Å². The molecule has 0 spiro atoms. The van der Waals surface area contributed by atoms with E-state index in [4.69, 9.17) is 4.42 Å². The number of oxazole rings is 1. The molecule has 31 heavy (non-hydrogen) atoms. The predicted octanol–water partition coefficient (Wildman–Crippen LogP) is 5.52. The largest absolute Gasteiger partial charge is 0.872 e. The molecule has 3 aromatic carbocycles. The zero-order valence-corrected chi connectivity index (χ0v) is 17.3. The molecule has 1 aromatic heterocycles. The van der Waals surface area contributed by atoms with Gasteiger partial charge in [-0.2, -0.15) is 0 Å². The quantitative estimate of drug-likeness (QED) is 0.248. The van der Waals surface area contributed by atoms with Gasteiger partial charge in [0.2, 0.25) is 5.89 Å². The number of nitro groups is 1. The molecule has 156 valence electrons. The van der Waals surface area contributed by atoms with Crippen molar-refractivity contribution in [3.8, 4) is 17.2 Å². The third kappa shape index (κ3) is 4.30. The summed E-state index contributed by atoms with van der Waals surface area (Å²) < 4.78 is 5.87. The number of non-ortho nitro benzene ring substituents is 1. The van der Waals surface area contributed by atoms with Gasteiger partial charge in [-0.25, -0.2) is 4.98 Å². The highest BCUT2D eigenvalue weighted by molar-refractivity contribution is 5.87. The lowest BCUT2D eigenvalue weighted by atomic mass is 9.87. The van der Waals surface area contributed by atoms with Crippen LogP contribution in [0.5, 0.6) is 5.75 Å². The summed E-state index contributed by atoms with van der Waals surface area (Å²) >= 11 is 0. The van der Waals surface area contributed by atoms with E-state index < -0.39 is 4.92 Å². The van der Waals surface area contributed by atoms with Gasteiger partial charge in [-0.05, 0) is 46.9 Å². The van der Waals surface area contributed by atoms with Crippen molar-refractivity contribution in [2.24, 2.45) is 4.99 Å². The number of hydrogen-bond acceptors (Lipinski definition) is 6. The molecule has 4 rings (SSSR count). The molecule has 0 radical (unpaired) electrons. The summed E-state index contributed by atoms with van der Waals surface area (Å²) in [6.45, 7) is 6.48. The average Bonchev–Trinajstić information content (AvgIpc) is 3.16. The first-order valence-corrected chi connectivity index (χ1v) is 9.72. The van der Waals surface area contributed by atoms with Crippen LogP contribution in [0.25, 0.3) is 22.6 Å². The molecule has 0 fully saturated rings. The monoisotopic (exact) mass is 414 g/mol. The van der Waals surface area contributed by atoms with Crippen molar-refractivity contribution in [3.05, 3.63) is 81.9 Å². The van der Waals surface area contributed by atoms with Crippen molar-refractivity contribution in [1.82, 2.24) is 4.98 Å². The third-order valence-corrected chi connectivity index (χ3v) is 4.93. The van der Waals surface area contributed by atoms with Gasteiger partial charge in [0.15, 0.2) is 5.58 Å². The highest BCUT2D eigenvalue weighted by Gasteiger charge is 2.15. The SMILES string of the molecule is CC(C)(C)c1ccc(-c2nc3cc(N=Cc4cc([N+](=O)[O-])ccc4[O-])ccc3o2)cc1.